The summed E-state index contributed by atoms with van der Waals surface area (Å²) in [6, 6.07) is 7.56. The summed E-state index contributed by atoms with van der Waals surface area (Å²) in [6.45, 7) is 12.9. The Morgan fingerprint density at radius 2 is 0.976 bits per heavy atom. The van der Waals surface area contributed by atoms with E-state index in [-0.39, 0.29) is 49.1 Å². The Morgan fingerprint density at radius 1 is 0.667 bits per heavy atom. The molecule has 0 N–H and O–H groups in total. The normalized spacial score (nSPS) is 13.0. The Kier molecular flexibility index (Phi) is 12.5. The highest BCUT2D eigenvalue weighted by molar-refractivity contribution is 5.87. The van der Waals surface area contributed by atoms with E-state index in [1.807, 2.05) is 0 Å². The molecule has 2 unspecified atom stereocenters. The van der Waals surface area contributed by atoms with Crippen molar-refractivity contribution in [1.29, 1.82) is 0 Å². The van der Waals surface area contributed by atoms with Crippen LogP contribution in [-0.4, -0.2) is 50.9 Å². The van der Waals surface area contributed by atoms with Crippen molar-refractivity contribution in [1.82, 2.24) is 0 Å². The second-order valence-electron chi connectivity index (χ2n) is 8.96. The fraction of sp³-hybridized carbons (Fsp3) is 0.400. The van der Waals surface area contributed by atoms with Crippen LogP contribution in [-0.2, 0) is 40.4 Å². The second-order valence-corrected chi connectivity index (χ2v) is 8.96. The predicted molar refractivity (Wildman–Crippen MR) is 144 cm³/mol. The zero-order valence-electron chi connectivity index (χ0n) is 23.8. The van der Waals surface area contributed by atoms with Gasteiger partial charge in [-0.15, -0.1) is 0 Å². The molecule has 0 saturated carbocycles. The lowest BCUT2D eigenvalue weighted by atomic mass is 9.96. The fourth-order valence-electron chi connectivity index (χ4n) is 3.29. The molecule has 2 rings (SSSR count). The summed E-state index contributed by atoms with van der Waals surface area (Å²) in [4.78, 5) is 23.2. The fourth-order valence-corrected chi connectivity index (χ4v) is 3.29. The summed E-state index contributed by atoms with van der Waals surface area (Å²) in [5.41, 5.74) is -1.59. The monoisotopic (exact) mass is 598 g/mol. The Balaban J connectivity index is 2.13. The molecule has 0 fully saturated rings. The molecule has 0 aliphatic carbocycles. The maximum absolute atomic E-state index is 15.1. The van der Waals surface area contributed by atoms with E-state index >= 15 is 17.6 Å². The zero-order valence-corrected chi connectivity index (χ0v) is 23.8. The van der Waals surface area contributed by atoms with E-state index < -0.39 is 47.5 Å². The first kappa shape index (κ1) is 34.3. The lowest BCUT2D eigenvalue weighted by molar-refractivity contribution is -0.223. The number of carbonyl (C=O) groups is 2. The Hall–Kier alpha value is -3.90. The van der Waals surface area contributed by atoms with Gasteiger partial charge in [-0.25, -0.2) is 9.59 Å². The van der Waals surface area contributed by atoms with Crippen LogP contribution < -0.4 is 9.47 Å². The van der Waals surface area contributed by atoms with Crippen molar-refractivity contribution in [3.05, 3.63) is 84.0 Å². The number of halogens is 4. The topological polar surface area (TPSA) is 89.5 Å². The van der Waals surface area contributed by atoms with Crippen molar-refractivity contribution < 1.29 is 55.6 Å². The summed E-state index contributed by atoms with van der Waals surface area (Å²) < 4.78 is 92.0. The zero-order chi connectivity index (χ0) is 31.5. The van der Waals surface area contributed by atoms with Gasteiger partial charge in [-0.2, -0.15) is 17.6 Å². The van der Waals surface area contributed by atoms with Crippen molar-refractivity contribution >= 4 is 11.9 Å². The van der Waals surface area contributed by atoms with Gasteiger partial charge < -0.3 is 28.4 Å². The lowest BCUT2D eigenvalue weighted by Gasteiger charge is -2.28. The molecule has 12 heteroatoms. The standard InChI is InChI=1S/C30H34F4O8/c1-7-37-25(17-39-27(35)19(3)4)41-23-13-9-21(10-14-23)29(31,32)30(33,34)22-11-15-24(16-12-22)42-26(38-8-2)18-40-28(36)20(5)6/h9-16,25-26H,3,5,7-8,17-18H2,1-2,4,6H3. The van der Waals surface area contributed by atoms with Gasteiger partial charge in [-0.05, 0) is 76.2 Å². The van der Waals surface area contributed by atoms with Gasteiger partial charge in [-0.1, -0.05) is 13.2 Å². The molecule has 0 aliphatic heterocycles. The van der Waals surface area contributed by atoms with E-state index in [1.165, 1.54) is 13.8 Å². The number of hydrogen-bond donors (Lipinski definition) is 0. The Labute approximate surface area is 241 Å². The average molecular weight is 599 g/mol. The summed E-state index contributed by atoms with van der Waals surface area (Å²) in [6.07, 6.45) is -2.13. The third-order valence-electron chi connectivity index (χ3n) is 5.47. The molecule has 0 bridgehead atoms. The first-order valence-electron chi connectivity index (χ1n) is 12.9. The van der Waals surface area contributed by atoms with E-state index in [0.29, 0.717) is 0 Å². The summed E-state index contributed by atoms with van der Waals surface area (Å²) >= 11 is 0. The highest BCUT2D eigenvalue weighted by atomic mass is 19.3. The van der Waals surface area contributed by atoms with Gasteiger partial charge in [0.1, 0.15) is 11.5 Å². The van der Waals surface area contributed by atoms with Gasteiger partial charge in [0.2, 0.25) is 12.6 Å². The quantitative estimate of drug-likeness (QED) is 0.0909. The van der Waals surface area contributed by atoms with Crippen molar-refractivity contribution in [3.63, 3.8) is 0 Å². The molecule has 0 radical (unpaired) electrons. The third kappa shape index (κ3) is 9.31. The number of alkyl halides is 4. The van der Waals surface area contributed by atoms with E-state index in [9.17, 15) is 9.59 Å². The minimum absolute atomic E-state index is 0.0296. The van der Waals surface area contributed by atoms with Gasteiger partial charge in [0.25, 0.3) is 0 Å². The number of esters is 2. The van der Waals surface area contributed by atoms with Crippen LogP contribution in [0.25, 0.3) is 0 Å². The molecule has 2 atom stereocenters. The van der Waals surface area contributed by atoms with E-state index in [1.54, 1.807) is 13.8 Å². The summed E-state index contributed by atoms with van der Waals surface area (Å²) in [5, 5.41) is 0. The molecule has 2 aromatic carbocycles. The van der Waals surface area contributed by atoms with Crippen molar-refractivity contribution in [3.8, 4) is 11.5 Å². The highest BCUT2D eigenvalue weighted by Crippen LogP contribution is 2.50. The molecule has 0 aliphatic rings. The van der Waals surface area contributed by atoms with Crippen LogP contribution in [0.1, 0.15) is 38.8 Å². The molecule has 0 saturated heterocycles. The highest BCUT2D eigenvalue weighted by Gasteiger charge is 2.58. The molecule has 42 heavy (non-hydrogen) atoms. The van der Waals surface area contributed by atoms with Gasteiger partial charge in [0.05, 0.1) is 0 Å². The first-order valence-corrected chi connectivity index (χ1v) is 12.9. The van der Waals surface area contributed by atoms with Crippen LogP contribution in [0.15, 0.2) is 72.8 Å². The minimum Gasteiger partial charge on any atom is -0.461 e. The van der Waals surface area contributed by atoms with Crippen LogP contribution in [0, 0.1) is 0 Å². The van der Waals surface area contributed by atoms with Gasteiger partial charge >= 0.3 is 23.8 Å². The molecule has 0 heterocycles. The van der Waals surface area contributed by atoms with Crippen LogP contribution in [0.2, 0.25) is 0 Å². The summed E-state index contributed by atoms with van der Waals surface area (Å²) in [5.74, 6) is -10.5. The first-order chi connectivity index (χ1) is 19.7. The van der Waals surface area contributed by atoms with E-state index in [0.717, 1.165) is 48.5 Å². The van der Waals surface area contributed by atoms with Crippen LogP contribution in [0.3, 0.4) is 0 Å². The van der Waals surface area contributed by atoms with Crippen LogP contribution >= 0.6 is 0 Å². The van der Waals surface area contributed by atoms with E-state index in [4.69, 9.17) is 28.4 Å². The maximum Gasteiger partial charge on any atom is 0.339 e. The molecule has 0 spiro atoms. The number of benzene rings is 2. The molecule has 230 valence electrons. The van der Waals surface area contributed by atoms with Crippen molar-refractivity contribution in [2.45, 2.75) is 52.1 Å². The SMILES string of the molecule is C=C(C)C(=O)OCC(OCC)Oc1ccc(C(F)(F)C(F)(F)c2ccc(OC(COC(=O)C(=C)C)OCC)cc2)cc1. The largest absolute Gasteiger partial charge is 0.461 e. The minimum atomic E-state index is -4.60. The lowest BCUT2D eigenvalue weighted by Crippen LogP contribution is -2.35. The molecule has 2 aromatic rings. The number of rotatable bonds is 17. The molecular weight excluding hydrogens is 564 g/mol. The van der Waals surface area contributed by atoms with Crippen molar-refractivity contribution in [2.24, 2.45) is 0 Å². The Bertz CT molecular complexity index is 1120. The number of ether oxygens (including phenoxy) is 6. The van der Waals surface area contributed by atoms with Gasteiger partial charge in [0, 0.05) is 35.5 Å². The maximum atomic E-state index is 15.1. The molecular formula is C30H34F4O8. The van der Waals surface area contributed by atoms with Gasteiger partial charge in [-0.3, -0.25) is 0 Å². The van der Waals surface area contributed by atoms with Crippen LogP contribution in [0.4, 0.5) is 17.6 Å². The third-order valence-corrected chi connectivity index (χ3v) is 5.47. The molecule has 0 aromatic heterocycles. The Morgan fingerprint density at radius 3 is 1.24 bits per heavy atom. The van der Waals surface area contributed by atoms with E-state index in [2.05, 4.69) is 13.2 Å². The smallest absolute Gasteiger partial charge is 0.339 e. The second kappa shape index (κ2) is 15.4. The van der Waals surface area contributed by atoms with Crippen molar-refractivity contribution in [2.75, 3.05) is 26.4 Å². The number of carbonyl (C=O) groups excluding carboxylic acids is 2. The predicted octanol–water partition coefficient (Wildman–Crippen LogP) is 6.29. The van der Waals surface area contributed by atoms with Gasteiger partial charge in [0.15, 0.2) is 13.2 Å². The molecule has 0 amide bonds. The van der Waals surface area contributed by atoms with Crippen LogP contribution in [0.5, 0.6) is 11.5 Å². The average Bonchev–Trinajstić information content (AvgIpc) is 2.94. The summed E-state index contributed by atoms with van der Waals surface area (Å²) in [7, 11) is 0. The number of hydrogen-bond acceptors (Lipinski definition) is 8. The molecule has 8 nitrogen and oxygen atoms in total.